The lowest BCUT2D eigenvalue weighted by molar-refractivity contribution is 0.101. The summed E-state index contributed by atoms with van der Waals surface area (Å²) in [6.45, 7) is 0. The number of rotatable bonds is 2. The number of carbonyl (C=O) groups is 1. The van der Waals surface area contributed by atoms with E-state index in [1.54, 1.807) is 0 Å². The van der Waals surface area contributed by atoms with Crippen molar-refractivity contribution in [1.82, 2.24) is 0 Å². The largest absolute Gasteiger partial charge is 0.507 e. The van der Waals surface area contributed by atoms with Gasteiger partial charge in [0.2, 0.25) is 0 Å². The van der Waals surface area contributed by atoms with Crippen LogP contribution in [0.1, 0.15) is 10.4 Å². The molecule has 0 amide bonds. The van der Waals surface area contributed by atoms with Gasteiger partial charge in [0.15, 0.2) is 5.78 Å². The highest BCUT2D eigenvalue weighted by Crippen LogP contribution is 2.23. The van der Waals surface area contributed by atoms with Gasteiger partial charge < -0.3 is 10.8 Å². The van der Waals surface area contributed by atoms with Crippen LogP contribution in [0.5, 0.6) is 5.75 Å². The third-order valence-corrected chi connectivity index (χ3v) is 1.78. The smallest absolute Gasteiger partial charge is 0.181 e. The summed E-state index contributed by atoms with van der Waals surface area (Å²) in [4.78, 5) is 11.0. The molecule has 1 aromatic carbocycles. The van der Waals surface area contributed by atoms with Gasteiger partial charge in [0, 0.05) is 6.07 Å². The van der Waals surface area contributed by atoms with Crippen molar-refractivity contribution >= 4 is 23.1 Å². The number of nitrogen functional groups attached to an aromatic ring is 1. The van der Waals surface area contributed by atoms with Gasteiger partial charge >= 0.3 is 0 Å². The van der Waals surface area contributed by atoms with Gasteiger partial charge in [-0.15, -0.1) is 11.6 Å². The van der Waals surface area contributed by atoms with Crippen molar-refractivity contribution in [2.45, 2.75) is 0 Å². The van der Waals surface area contributed by atoms with Crippen molar-refractivity contribution in [2.75, 3.05) is 11.6 Å². The molecule has 0 aromatic heterocycles. The van der Waals surface area contributed by atoms with Crippen LogP contribution < -0.4 is 5.73 Å². The molecule has 0 aliphatic rings. The molecule has 13 heavy (non-hydrogen) atoms. The Morgan fingerprint density at radius 3 is 2.77 bits per heavy atom. The van der Waals surface area contributed by atoms with Crippen LogP contribution in [-0.2, 0) is 0 Å². The van der Waals surface area contributed by atoms with Crippen molar-refractivity contribution in [1.29, 1.82) is 0 Å². The summed E-state index contributed by atoms with van der Waals surface area (Å²) in [6.07, 6.45) is 0. The summed E-state index contributed by atoms with van der Waals surface area (Å²) in [6, 6.07) is 1.85. The third kappa shape index (κ3) is 1.89. The predicted octanol–water partition coefficient (Wildman–Crippen LogP) is 1.53. The minimum atomic E-state index is -0.744. The number of ketones is 1. The van der Waals surface area contributed by atoms with Crippen molar-refractivity contribution in [3.05, 3.63) is 23.5 Å². The molecule has 0 saturated heterocycles. The number of halogens is 2. The van der Waals surface area contributed by atoms with E-state index in [1.165, 1.54) is 0 Å². The zero-order valence-electron chi connectivity index (χ0n) is 6.55. The molecule has 1 rings (SSSR count). The number of hydrogen-bond acceptors (Lipinski definition) is 3. The molecule has 0 spiro atoms. The molecule has 0 radical (unpaired) electrons. The van der Waals surface area contributed by atoms with E-state index in [-0.39, 0.29) is 22.9 Å². The number of anilines is 1. The highest BCUT2D eigenvalue weighted by Gasteiger charge is 2.12. The number of aromatic hydroxyl groups is 1. The first kappa shape index (κ1) is 9.80. The third-order valence-electron chi connectivity index (χ3n) is 1.54. The number of phenols is 1. The Bertz CT molecular complexity index is 354. The fourth-order valence-corrected chi connectivity index (χ4v) is 1.02. The summed E-state index contributed by atoms with van der Waals surface area (Å²) in [5, 5.41) is 9.19. The zero-order chi connectivity index (χ0) is 10.0. The zero-order valence-corrected chi connectivity index (χ0v) is 7.31. The van der Waals surface area contributed by atoms with Gasteiger partial charge in [-0.3, -0.25) is 4.79 Å². The minimum absolute atomic E-state index is 0.151. The molecule has 0 aliphatic carbocycles. The van der Waals surface area contributed by atoms with Gasteiger partial charge in [-0.25, -0.2) is 4.39 Å². The number of phenolic OH excluding ortho intramolecular Hbond substituents is 1. The van der Waals surface area contributed by atoms with E-state index in [4.69, 9.17) is 17.3 Å². The SMILES string of the molecule is Nc1cc(O)c(C(=O)CCl)cc1F. The van der Waals surface area contributed by atoms with E-state index in [0.29, 0.717) is 0 Å². The summed E-state index contributed by atoms with van der Waals surface area (Å²) >= 11 is 5.24. The molecule has 0 saturated carbocycles. The second-order valence-corrected chi connectivity index (χ2v) is 2.71. The molecule has 3 nitrogen and oxygen atoms in total. The van der Waals surface area contributed by atoms with Gasteiger partial charge in [-0.2, -0.15) is 0 Å². The number of alkyl halides is 1. The highest BCUT2D eigenvalue weighted by molar-refractivity contribution is 6.30. The topological polar surface area (TPSA) is 63.3 Å². The quantitative estimate of drug-likeness (QED) is 0.435. The van der Waals surface area contributed by atoms with Crippen LogP contribution in [-0.4, -0.2) is 16.8 Å². The van der Waals surface area contributed by atoms with Crippen molar-refractivity contribution in [3.63, 3.8) is 0 Å². The number of Topliss-reactive ketones (excluding diaryl/α,β-unsaturated/α-hetero) is 1. The Labute approximate surface area is 78.9 Å². The predicted molar refractivity (Wildman–Crippen MR) is 47.5 cm³/mol. The first-order chi connectivity index (χ1) is 6.06. The Morgan fingerprint density at radius 2 is 2.23 bits per heavy atom. The van der Waals surface area contributed by atoms with E-state index < -0.39 is 11.6 Å². The van der Waals surface area contributed by atoms with E-state index in [1.807, 2.05) is 0 Å². The lowest BCUT2D eigenvalue weighted by atomic mass is 10.1. The molecular formula is C8H7ClFNO2. The molecular weight excluding hydrogens is 197 g/mol. The van der Waals surface area contributed by atoms with Gasteiger partial charge in [0.25, 0.3) is 0 Å². The van der Waals surface area contributed by atoms with Gasteiger partial charge in [-0.1, -0.05) is 0 Å². The van der Waals surface area contributed by atoms with Crippen LogP contribution in [0.25, 0.3) is 0 Å². The molecule has 0 heterocycles. The van der Waals surface area contributed by atoms with Crippen LogP contribution in [0, 0.1) is 5.82 Å². The molecule has 0 unspecified atom stereocenters. The van der Waals surface area contributed by atoms with Crippen LogP contribution in [0.2, 0.25) is 0 Å². The number of carbonyl (C=O) groups excluding carboxylic acids is 1. The summed E-state index contributed by atoms with van der Waals surface area (Å²) in [5.41, 5.74) is 4.80. The second kappa shape index (κ2) is 3.62. The second-order valence-electron chi connectivity index (χ2n) is 2.45. The van der Waals surface area contributed by atoms with Crippen LogP contribution in [0.15, 0.2) is 12.1 Å². The van der Waals surface area contributed by atoms with Gasteiger partial charge in [-0.05, 0) is 6.07 Å². The maximum atomic E-state index is 12.8. The Balaban J connectivity index is 3.23. The van der Waals surface area contributed by atoms with E-state index in [2.05, 4.69) is 0 Å². The highest BCUT2D eigenvalue weighted by atomic mass is 35.5. The monoisotopic (exact) mass is 203 g/mol. The Morgan fingerprint density at radius 1 is 1.62 bits per heavy atom. The molecule has 0 atom stereocenters. The van der Waals surface area contributed by atoms with Crippen molar-refractivity contribution in [3.8, 4) is 5.75 Å². The maximum absolute atomic E-state index is 12.8. The Kier molecular flexibility index (Phi) is 2.72. The molecule has 0 bridgehead atoms. The number of benzene rings is 1. The number of nitrogens with two attached hydrogens (primary N) is 1. The molecule has 0 aliphatic heterocycles. The molecule has 0 fully saturated rings. The van der Waals surface area contributed by atoms with Gasteiger partial charge in [0.1, 0.15) is 11.6 Å². The van der Waals surface area contributed by atoms with Crippen molar-refractivity contribution < 1.29 is 14.3 Å². The summed E-state index contributed by atoms with van der Waals surface area (Å²) in [7, 11) is 0. The average molecular weight is 204 g/mol. The lowest BCUT2D eigenvalue weighted by Crippen LogP contribution is -2.03. The first-order valence-corrected chi connectivity index (χ1v) is 3.97. The maximum Gasteiger partial charge on any atom is 0.181 e. The molecule has 70 valence electrons. The fourth-order valence-electron chi connectivity index (χ4n) is 0.873. The summed E-state index contributed by atoms with van der Waals surface area (Å²) in [5.74, 6) is -1.95. The average Bonchev–Trinajstić information content (AvgIpc) is 2.10. The van der Waals surface area contributed by atoms with Crippen LogP contribution in [0.3, 0.4) is 0 Å². The standard InChI is InChI=1S/C8H7ClFNO2/c9-3-8(13)4-1-5(10)6(11)2-7(4)12/h1-2,12H,3,11H2. The molecule has 3 N–H and O–H groups in total. The van der Waals surface area contributed by atoms with E-state index >= 15 is 0 Å². The lowest BCUT2D eigenvalue weighted by Gasteiger charge is -2.03. The fraction of sp³-hybridized carbons (Fsp3) is 0.125. The summed E-state index contributed by atoms with van der Waals surface area (Å²) < 4.78 is 12.8. The van der Waals surface area contributed by atoms with E-state index in [0.717, 1.165) is 12.1 Å². The van der Waals surface area contributed by atoms with Crippen LogP contribution in [0.4, 0.5) is 10.1 Å². The first-order valence-electron chi connectivity index (χ1n) is 3.43. The minimum Gasteiger partial charge on any atom is -0.507 e. The number of hydrogen-bond donors (Lipinski definition) is 2. The van der Waals surface area contributed by atoms with Crippen LogP contribution >= 0.6 is 11.6 Å². The Hall–Kier alpha value is -1.29. The molecule has 1 aromatic rings. The van der Waals surface area contributed by atoms with Crippen molar-refractivity contribution in [2.24, 2.45) is 0 Å². The van der Waals surface area contributed by atoms with E-state index in [9.17, 15) is 14.3 Å². The normalized spacial score (nSPS) is 10.0. The molecule has 5 heteroatoms. The van der Waals surface area contributed by atoms with Gasteiger partial charge in [0.05, 0.1) is 17.1 Å².